The minimum Gasteiger partial charge on any atom is -0.396 e. The summed E-state index contributed by atoms with van der Waals surface area (Å²) in [5.74, 6) is -0.0768. The maximum absolute atomic E-state index is 12.1. The molecule has 0 aliphatic heterocycles. The number of aromatic nitrogens is 3. The largest absolute Gasteiger partial charge is 0.396 e. The third-order valence-electron chi connectivity index (χ3n) is 3.97. The molecule has 3 atom stereocenters. The van der Waals surface area contributed by atoms with Gasteiger partial charge < -0.3 is 10.4 Å². The zero-order valence-electron chi connectivity index (χ0n) is 10.8. The van der Waals surface area contributed by atoms with E-state index in [1.165, 1.54) is 17.3 Å². The Morgan fingerprint density at radius 3 is 3.11 bits per heavy atom. The van der Waals surface area contributed by atoms with Gasteiger partial charge in [-0.2, -0.15) is 5.10 Å². The molecule has 1 fully saturated rings. The number of nitrogens with one attached hydrogen (secondary N) is 1. The molecule has 1 aromatic heterocycles. The zero-order valence-corrected chi connectivity index (χ0v) is 10.8. The van der Waals surface area contributed by atoms with E-state index >= 15 is 0 Å². The number of hydrogen-bond acceptors (Lipinski definition) is 4. The molecule has 6 heteroatoms. The van der Waals surface area contributed by atoms with E-state index in [2.05, 4.69) is 15.4 Å². The zero-order chi connectivity index (χ0) is 13.2. The number of nitrogens with zero attached hydrogens (tertiary/aromatic N) is 3. The number of rotatable bonds is 4. The average molecular weight is 252 g/mol. The van der Waals surface area contributed by atoms with Gasteiger partial charge in [-0.05, 0) is 19.8 Å². The van der Waals surface area contributed by atoms with Crippen molar-refractivity contribution in [2.24, 2.45) is 5.41 Å². The summed E-state index contributed by atoms with van der Waals surface area (Å²) in [5.41, 5.74) is -0.197. The van der Waals surface area contributed by atoms with Crippen LogP contribution >= 0.6 is 0 Å². The Balaban J connectivity index is 1.99. The summed E-state index contributed by atoms with van der Waals surface area (Å²) in [6.07, 6.45) is 5.86. The molecule has 1 aliphatic rings. The Kier molecular flexibility index (Phi) is 3.65. The molecule has 0 aromatic carbocycles. The van der Waals surface area contributed by atoms with Gasteiger partial charge >= 0.3 is 0 Å². The maximum atomic E-state index is 12.1. The molecule has 2 rings (SSSR count). The summed E-state index contributed by atoms with van der Waals surface area (Å²) in [6, 6.07) is -0.336. The molecule has 6 nitrogen and oxygen atoms in total. The molecule has 100 valence electrons. The van der Waals surface area contributed by atoms with Gasteiger partial charge in [0.05, 0.1) is 6.61 Å². The first kappa shape index (κ1) is 13.0. The van der Waals surface area contributed by atoms with Crippen LogP contribution in [-0.2, 0) is 4.79 Å². The van der Waals surface area contributed by atoms with Crippen molar-refractivity contribution in [3.63, 3.8) is 0 Å². The van der Waals surface area contributed by atoms with Gasteiger partial charge in [0, 0.05) is 11.5 Å². The van der Waals surface area contributed by atoms with Crippen molar-refractivity contribution in [1.82, 2.24) is 20.1 Å². The van der Waals surface area contributed by atoms with Gasteiger partial charge in [-0.1, -0.05) is 13.3 Å². The number of carbonyl (C=O) groups excluding carboxylic acids is 1. The fourth-order valence-corrected chi connectivity index (χ4v) is 2.50. The first-order valence-corrected chi connectivity index (χ1v) is 6.32. The molecule has 18 heavy (non-hydrogen) atoms. The molecule has 1 aromatic rings. The highest BCUT2D eigenvalue weighted by molar-refractivity contribution is 5.80. The van der Waals surface area contributed by atoms with Crippen LogP contribution in [-0.4, -0.2) is 38.4 Å². The lowest BCUT2D eigenvalue weighted by Gasteiger charge is -2.30. The fourth-order valence-electron chi connectivity index (χ4n) is 2.50. The second kappa shape index (κ2) is 5.06. The third kappa shape index (κ3) is 2.38. The Morgan fingerprint density at radius 2 is 2.50 bits per heavy atom. The van der Waals surface area contributed by atoms with Crippen molar-refractivity contribution in [2.75, 3.05) is 6.61 Å². The van der Waals surface area contributed by atoms with Crippen LogP contribution in [0.5, 0.6) is 0 Å². The quantitative estimate of drug-likeness (QED) is 0.818. The molecule has 3 unspecified atom stereocenters. The standard InChI is InChI=1S/C12H20N4O2/c1-9(16-8-13-7-14-16)11(18)15-10-4-3-5-12(10,2)6-17/h7-10,17H,3-6H2,1-2H3,(H,15,18). The molecule has 0 spiro atoms. The highest BCUT2D eigenvalue weighted by atomic mass is 16.3. The van der Waals surface area contributed by atoms with E-state index in [9.17, 15) is 9.90 Å². The maximum Gasteiger partial charge on any atom is 0.244 e. The van der Waals surface area contributed by atoms with E-state index in [0.29, 0.717) is 0 Å². The molecular formula is C12H20N4O2. The molecular weight excluding hydrogens is 232 g/mol. The van der Waals surface area contributed by atoms with Crippen molar-refractivity contribution in [1.29, 1.82) is 0 Å². The molecule has 0 radical (unpaired) electrons. The van der Waals surface area contributed by atoms with Crippen LogP contribution in [0.3, 0.4) is 0 Å². The van der Waals surface area contributed by atoms with Gasteiger partial charge in [-0.3, -0.25) is 4.79 Å². The SMILES string of the molecule is CC(C(=O)NC1CCCC1(C)CO)n1cncn1. The lowest BCUT2D eigenvalue weighted by atomic mass is 9.85. The molecule has 1 aliphatic carbocycles. The highest BCUT2D eigenvalue weighted by Crippen LogP contribution is 2.37. The van der Waals surface area contributed by atoms with E-state index in [4.69, 9.17) is 0 Å². The lowest BCUT2D eigenvalue weighted by Crippen LogP contribution is -2.46. The minimum absolute atomic E-state index is 0.0426. The Hall–Kier alpha value is -1.43. The predicted octanol–water partition coefficient (Wildman–Crippen LogP) is 0.506. The van der Waals surface area contributed by atoms with Crippen LogP contribution in [0.15, 0.2) is 12.7 Å². The third-order valence-corrected chi connectivity index (χ3v) is 3.97. The van der Waals surface area contributed by atoms with Crippen LogP contribution in [0, 0.1) is 5.41 Å². The van der Waals surface area contributed by atoms with E-state index < -0.39 is 0 Å². The molecule has 1 heterocycles. The first-order chi connectivity index (χ1) is 8.57. The van der Waals surface area contributed by atoms with E-state index in [1.807, 2.05) is 6.92 Å². The summed E-state index contributed by atoms with van der Waals surface area (Å²) < 4.78 is 1.53. The number of carbonyl (C=O) groups is 1. The highest BCUT2D eigenvalue weighted by Gasteiger charge is 2.39. The first-order valence-electron chi connectivity index (χ1n) is 6.32. The van der Waals surface area contributed by atoms with Gasteiger partial charge in [0.2, 0.25) is 5.91 Å². The topological polar surface area (TPSA) is 80.0 Å². The molecule has 0 bridgehead atoms. The minimum atomic E-state index is -0.379. The van der Waals surface area contributed by atoms with Crippen molar-refractivity contribution in [2.45, 2.75) is 45.2 Å². The predicted molar refractivity (Wildman–Crippen MR) is 65.7 cm³/mol. The van der Waals surface area contributed by atoms with E-state index in [0.717, 1.165) is 19.3 Å². The number of amides is 1. The summed E-state index contributed by atoms with van der Waals surface area (Å²) in [6.45, 7) is 3.91. The summed E-state index contributed by atoms with van der Waals surface area (Å²) in [7, 11) is 0. The Labute approximate surface area is 106 Å². The van der Waals surface area contributed by atoms with Crippen LogP contribution in [0.2, 0.25) is 0 Å². The van der Waals surface area contributed by atoms with Gasteiger partial charge in [-0.15, -0.1) is 0 Å². The fraction of sp³-hybridized carbons (Fsp3) is 0.750. The monoisotopic (exact) mass is 252 g/mol. The number of aliphatic hydroxyl groups excluding tert-OH is 1. The van der Waals surface area contributed by atoms with Crippen molar-refractivity contribution in [3.8, 4) is 0 Å². The summed E-state index contributed by atoms with van der Waals surface area (Å²) in [5, 5.41) is 16.4. The lowest BCUT2D eigenvalue weighted by molar-refractivity contribution is -0.125. The van der Waals surface area contributed by atoms with Crippen LogP contribution < -0.4 is 5.32 Å². The molecule has 0 saturated heterocycles. The van der Waals surface area contributed by atoms with E-state index in [1.54, 1.807) is 6.92 Å². The Bertz CT molecular complexity index is 406. The van der Waals surface area contributed by atoms with Gasteiger partial charge in [0.1, 0.15) is 18.7 Å². The van der Waals surface area contributed by atoms with Gasteiger partial charge in [0.25, 0.3) is 0 Å². The van der Waals surface area contributed by atoms with Crippen LogP contribution in [0.4, 0.5) is 0 Å². The number of hydrogen-bond donors (Lipinski definition) is 2. The Morgan fingerprint density at radius 1 is 1.72 bits per heavy atom. The molecule has 1 saturated carbocycles. The second-order valence-corrected chi connectivity index (χ2v) is 5.32. The molecule has 1 amide bonds. The van der Waals surface area contributed by atoms with Crippen LogP contribution in [0.1, 0.15) is 39.2 Å². The van der Waals surface area contributed by atoms with Crippen molar-refractivity contribution < 1.29 is 9.90 Å². The van der Waals surface area contributed by atoms with Crippen LogP contribution in [0.25, 0.3) is 0 Å². The summed E-state index contributed by atoms with van der Waals surface area (Å²) >= 11 is 0. The second-order valence-electron chi connectivity index (χ2n) is 5.32. The normalized spacial score (nSPS) is 29.2. The van der Waals surface area contributed by atoms with E-state index in [-0.39, 0.29) is 30.0 Å². The van der Waals surface area contributed by atoms with Crippen molar-refractivity contribution >= 4 is 5.91 Å². The summed E-state index contributed by atoms with van der Waals surface area (Å²) in [4.78, 5) is 16.0. The number of aliphatic hydroxyl groups is 1. The molecule has 2 N–H and O–H groups in total. The van der Waals surface area contributed by atoms with Crippen molar-refractivity contribution in [3.05, 3.63) is 12.7 Å². The van der Waals surface area contributed by atoms with Gasteiger partial charge in [0.15, 0.2) is 0 Å². The van der Waals surface area contributed by atoms with Gasteiger partial charge in [-0.25, -0.2) is 9.67 Å². The average Bonchev–Trinajstić information content (AvgIpc) is 2.99. The smallest absolute Gasteiger partial charge is 0.244 e.